The van der Waals surface area contributed by atoms with E-state index in [1.807, 2.05) is 23.6 Å². The van der Waals surface area contributed by atoms with Crippen molar-refractivity contribution in [2.75, 3.05) is 26.3 Å². The number of hydrogen-bond donors (Lipinski definition) is 0. The summed E-state index contributed by atoms with van der Waals surface area (Å²) < 4.78 is 13.4. The van der Waals surface area contributed by atoms with Crippen LogP contribution >= 0.6 is 0 Å². The second kappa shape index (κ2) is 8.20. The molecule has 4 heterocycles. The molecule has 0 radical (unpaired) electrons. The van der Waals surface area contributed by atoms with Crippen molar-refractivity contribution in [2.45, 2.75) is 45.3 Å². The van der Waals surface area contributed by atoms with Gasteiger partial charge in [-0.3, -0.25) is 9.59 Å². The summed E-state index contributed by atoms with van der Waals surface area (Å²) in [5.74, 6) is 0.108. The third-order valence-electron chi connectivity index (χ3n) is 7.56. The molecule has 0 unspecified atom stereocenters. The molecular weight excluding hydrogens is 432 g/mol. The van der Waals surface area contributed by atoms with Gasteiger partial charge in [-0.2, -0.15) is 0 Å². The molecule has 3 aliphatic rings. The quantitative estimate of drug-likeness (QED) is 0.595. The first-order valence-electron chi connectivity index (χ1n) is 12.1. The van der Waals surface area contributed by atoms with E-state index in [-0.39, 0.29) is 28.4 Å². The van der Waals surface area contributed by atoms with E-state index in [0.717, 1.165) is 38.9 Å². The highest BCUT2D eigenvalue weighted by molar-refractivity contribution is 5.97. The van der Waals surface area contributed by atoms with Gasteiger partial charge in [-0.05, 0) is 30.9 Å². The standard InChI is InChI=1S/C26H28N4O4/c1-2-29-14-21(25(32)30-15-26(16-30)7-9-33-10-8-26)23(31)20-13-22(27-28-24(20)29)34-19-11-17-5-3-4-6-18(17)12-19/h3-6,13-14,19H,2,7-12,15-16H2,1H3. The first-order chi connectivity index (χ1) is 16.5. The molecule has 2 saturated heterocycles. The fourth-order valence-corrected chi connectivity index (χ4v) is 5.59. The number of aromatic nitrogens is 3. The third-order valence-corrected chi connectivity index (χ3v) is 7.56. The number of nitrogens with zero attached hydrogens (tertiary/aromatic N) is 4. The fraction of sp³-hybridized carbons (Fsp3) is 0.462. The molecule has 8 nitrogen and oxygen atoms in total. The van der Waals surface area contributed by atoms with Gasteiger partial charge in [0, 0.05) is 63.4 Å². The summed E-state index contributed by atoms with van der Waals surface area (Å²) in [6.07, 6.45) is 5.12. The summed E-state index contributed by atoms with van der Waals surface area (Å²) in [7, 11) is 0. The highest BCUT2D eigenvalue weighted by Gasteiger charge is 2.46. The summed E-state index contributed by atoms with van der Waals surface area (Å²) in [5.41, 5.74) is 3.05. The van der Waals surface area contributed by atoms with Gasteiger partial charge in [0.1, 0.15) is 11.7 Å². The number of fused-ring (bicyclic) bond motifs is 2. The van der Waals surface area contributed by atoms with Crippen LogP contribution in [0, 0.1) is 5.41 Å². The smallest absolute Gasteiger partial charge is 0.259 e. The minimum atomic E-state index is -0.313. The minimum Gasteiger partial charge on any atom is -0.473 e. The number of amides is 1. The van der Waals surface area contributed by atoms with E-state index < -0.39 is 0 Å². The number of benzene rings is 1. The zero-order valence-corrected chi connectivity index (χ0v) is 19.3. The van der Waals surface area contributed by atoms with E-state index in [2.05, 4.69) is 22.3 Å². The van der Waals surface area contributed by atoms with Crippen molar-refractivity contribution in [1.29, 1.82) is 0 Å². The number of aryl methyl sites for hydroxylation is 1. The van der Waals surface area contributed by atoms with Crippen molar-refractivity contribution in [3.8, 4) is 5.88 Å². The molecule has 0 atom stereocenters. The average molecular weight is 461 g/mol. The van der Waals surface area contributed by atoms with Crippen LogP contribution in [0.25, 0.3) is 11.0 Å². The van der Waals surface area contributed by atoms with Crippen LogP contribution in [0.1, 0.15) is 41.3 Å². The van der Waals surface area contributed by atoms with Gasteiger partial charge in [-0.15, -0.1) is 10.2 Å². The van der Waals surface area contributed by atoms with Crippen LogP contribution < -0.4 is 10.2 Å². The Morgan fingerprint density at radius 1 is 1.15 bits per heavy atom. The molecular formula is C26H28N4O4. The predicted molar refractivity (Wildman–Crippen MR) is 126 cm³/mol. The Bertz CT molecular complexity index is 1300. The van der Waals surface area contributed by atoms with Gasteiger partial charge in [-0.25, -0.2) is 0 Å². The highest BCUT2D eigenvalue weighted by atomic mass is 16.5. The zero-order chi connectivity index (χ0) is 23.3. The SMILES string of the molecule is CCn1cc(C(=O)N2CC3(CCOCC3)C2)c(=O)c2cc(OC3Cc4ccccc4C3)nnc21. The molecule has 1 spiro atoms. The molecule has 1 aliphatic carbocycles. The first-order valence-corrected chi connectivity index (χ1v) is 12.1. The summed E-state index contributed by atoms with van der Waals surface area (Å²) in [5, 5.41) is 8.91. The number of carbonyl (C=O) groups excluding carboxylic acids is 1. The normalized spacial score (nSPS) is 19.3. The minimum absolute atomic E-state index is 0.0425. The van der Waals surface area contributed by atoms with Crippen LogP contribution in [0.4, 0.5) is 0 Å². The average Bonchev–Trinajstić information content (AvgIpc) is 3.25. The van der Waals surface area contributed by atoms with E-state index in [9.17, 15) is 9.59 Å². The number of carbonyl (C=O) groups is 1. The summed E-state index contributed by atoms with van der Waals surface area (Å²) >= 11 is 0. The molecule has 2 fully saturated rings. The number of rotatable bonds is 4. The van der Waals surface area contributed by atoms with E-state index in [0.29, 0.717) is 36.5 Å². The summed E-state index contributed by atoms with van der Waals surface area (Å²) in [4.78, 5) is 28.5. The van der Waals surface area contributed by atoms with Crippen LogP contribution in [0.5, 0.6) is 5.88 Å². The lowest BCUT2D eigenvalue weighted by Gasteiger charge is -2.52. The van der Waals surface area contributed by atoms with Crippen molar-refractivity contribution < 1.29 is 14.3 Å². The molecule has 0 saturated carbocycles. The predicted octanol–water partition coefficient (Wildman–Crippen LogP) is 2.61. The van der Waals surface area contributed by atoms with Crippen molar-refractivity contribution in [3.63, 3.8) is 0 Å². The Morgan fingerprint density at radius 2 is 1.85 bits per heavy atom. The lowest BCUT2D eigenvalue weighted by molar-refractivity contribution is -0.0666. The van der Waals surface area contributed by atoms with Crippen molar-refractivity contribution >= 4 is 16.9 Å². The lowest BCUT2D eigenvalue weighted by Crippen LogP contribution is -2.60. The Kier molecular flexibility index (Phi) is 5.13. The fourth-order valence-electron chi connectivity index (χ4n) is 5.59. The second-order valence-electron chi connectivity index (χ2n) is 9.77. The van der Waals surface area contributed by atoms with Crippen LogP contribution in [0.2, 0.25) is 0 Å². The third kappa shape index (κ3) is 3.57. The molecule has 1 amide bonds. The number of ether oxygens (including phenoxy) is 2. The first kappa shape index (κ1) is 21.3. The Balaban J connectivity index is 1.27. The zero-order valence-electron chi connectivity index (χ0n) is 19.3. The molecule has 1 aromatic carbocycles. The maximum absolute atomic E-state index is 13.4. The Labute approximate surface area is 197 Å². The van der Waals surface area contributed by atoms with Crippen LogP contribution in [-0.4, -0.2) is 58.0 Å². The molecule has 176 valence electrons. The van der Waals surface area contributed by atoms with Crippen LogP contribution in [-0.2, 0) is 24.1 Å². The van der Waals surface area contributed by atoms with E-state index in [1.54, 1.807) is 17.2 Å². The summed E-state index contributed by atoms with van der Waals surface area (Å²) in [6.45, 7) is 5.39. The van der Waals surface area contributed by atoms with Gasteiger partial charge in [0.05, 0.1) is 5.39 Å². The topological polar surface area (TPSA) is 86.5 Å². The van der Waals surface area contributed by atoms with Crippen LogP contribution in [0.3, 0.4) is 0 Å². The Hall–Kier alpha value is -3.26. The molecule has 2 aliphatic heterocycles. The summed E-state index contributed by atoms with van der Waals surface area (Å²) in [6, 6.07) is 9.94. The maximum atomic E-state index is 13.4. The van der Waals surface area contributed by atoms with E-state index in [4.69, 9.17) is 9.47 Å². The van der Waals surface area contributed by atoms with Crippen LogP contribution in [0.15, 0.2) is 41.3 Å². The lowest BCUT2D eigenvalue weighted by atomic mass is 9.73. The van der Waals surface area contributed by atoms with Gasteiger partial charge < -0.3 is 18.9 Å². The molecule has 0 bridgehead atoms. The molecule has 8 heteroatoms. The molecule has 3 aromatic rings. The van der Waals surface area contributed by atoms with Gasteiger partial charge in [0.25, 0.3) is 5.91 Å². The van der Waals surface area contributed by atoms with Gasteiger partial charge in [-0.1, -0.05) is 24.3 Å². The number of likely N-dealkylation sites (tertiary alicyclic amines) is 1. The largest absolute Gasteiger partial charge is 0.473 e. The van der Waals surface area contributed by atoms with Gasteiger partial charge in [0.2, 0.25) is 11.3 Å². The van der Waals surface area contributed by atoms with E-state index >= 15 is 0 Å². The number of pyridine rings is 1. The molecule has 2 aromatic heterocycles. The van der Waals surface area contributed by atoms with Crippen molar-refractivity contribution in [2.24, 2.45) is 5.41 Å². The van der Waals surface area contributed by atoms with Gasteiger partial charge in [0.15, 0.2) is 5.65 Å². The highest BCUT2D eigenvalue weighted by Crippen LogP contribution is 2.40. The maximum Gasteiger partial charge on any atom is 0.259 e. The molecule has 6 rings (SSSR count). The second-order valence-corrected chi connectivity index (χ2v) is 9.77. The van der Waals surface area contributed by atoms with Gasteiger partial charge >= 0.3 is 0 Å². The number of hydrogen-bond acceptors (Lipinski definition) is 6. The monoisotopic (exact) mass is 460 g/mol. The Morgan fingerprint density at radius 3 is 2.53 bits per heavy atom. The van der Waals surface area contributed by atoms with Crippen molar-refractivity contribution in [3.05, 3.63) is 63.4 Å². The molecule has 0 N–H and O–H groups in total. The van der Waals surface area contributed by atoms with E-state index in [1.165, 1.54) is 11.1 Å². The van der Waals surface area contributed by atoms with Crippen molar-refractivity contribution in [1.82, 2.24) is 19.7 Å². The molecule has 34 heavy (non-hydrogen) atoms.